The summed E-state index contributed by atoms with van der Waals surface area (Å²) in [4.78, 5) is 44.9. The number of carbonyl (C=O) groups is 3. The number of oxime groups is 1. The molecule has 0 aromatic rings. The van der Waals surface area contributed by atoms with E-state index in [9.17, 15) is 61.3 Å². The molecule has 3 fully saturated rings. The van der Waals surface area contributed by atoms with E-state index in [1.165, 1.54) is 6.92 Å². The van der Waals surface area contributed by atoms with Gasteiger partial charge in [-0.15, -0.1) is 0 Å². The molecule has 3 saturated heterocycles. The number of ketones is 1. The highest BCUT2D eigenvalue weighted by Crippen LogP contribution is 2.35. The number of aliphatic hydroxyl groups excluding tert-OH is 4. The molecule has 4 rings (SSSR count). The van der Waals surface area contributed by atoms with Crippen molar-refractivity contribution in [1.82, 2.24) is 5.32 Å². The first-order valence-electron chi connectivity index (χ1n) is 23.6. The van der Waals surface area contributed by atoms with Crippen molar-refractivity contribution in [2.75, 3.05) is 59.9 Å². The highest BCUT2D eigenvalue weighted by Gasteiger charge is 2.55. The quantitative estimate of drug-likeness (QED) is 0.00721. The lowest BCUT2D eigenvalue weighted by atomic mass is 9.91. The van der Waals surface area contributed by atoms with E-state index < -0.39 is 126 Å². The first-order chi connectivity index (χ1) is 35.4. The molecule has 8 unspecified atom stereocenters. The van der Waals surface area contributed by atoms with Gasteiger partial charge in [-0.3, -0.25) is 18.7 Å². The average Bonchev–Trinajstić information content (AvgIpc) is 3.91. The molecule has 0 spiro atoms. The number of hydrogen-bond acceptors (Lipinski definition) is 26. The van der Waals surface area contributed by atoms with Gasteiger partial charge in [0.05, 0.1) is 51.4 Å². The SMILES string of the molecule is CO[C@@H]1C(COS(=O)(=O)O)O[C@@H](O[C@@H]2C(C(=O)O)O[C@@H](OC3[C@@H](COS(=O)(=O)O)O[C@@H](/C=N\OCC4=CC(CCCC(=O)CC(C)COCCOCC(C)NC(=O)CCCN=[N+]=[N-])N=N4)[C@H]3O)C(O)[C@H]2O)C(C)[C@H]1O. The van der Waals surface area contributed by atoms with Crippen molar-refractivity contribution in [1.29, 1.82) is 0 Å². The van der Waals surface area contributed by atoms with E-state index in [1.807, 2.05) is 6.92 Å². The number of nitrogens with zero attached hydrogens (tertiary/aromatic N) is 6. The molecule has 0 radical (unpaired) electrons. The van der Waals surface area contributed by atoms with Crippen molar-refractivity contribution < 1.29 is 117 Å². The lowest BCUT2D eigenvalue weighted by molar-refractivity contribution is -0.353. The third kappa shape index (κ3) is 21.4. The fourth-order valence-corrected chi connectivity index (χ4v) is 8.68. The maximum absolute atomic E-state index is 12.6. The summed E-state index contributed by atoms with van der Waals surface area (Å²) in [6.45, 7) is 4.49. The number of Topliss-reactive ketones (excluding diaryl/α,β-unsaturated/α-hetero) is 1. The van der Waals surface area contributed by atoms with Crippen molar-refractivity contribution in [3.8, 4) is 0 Å². The second-order valence-electron chi connectivity index (χ2n) is 18.0. The van der Waals surface area contributed by atoms with Crippen LogP contribution >= 0.6 is 0 Å². The number of aliphatic carboxylic acids is 1. The van der Waals surface area contributed by atoms with Crippen LogP contribution in [0.4, 0.5) is 0 Å². The highest BCUT2D eigenvalue weighted by molar-refractivity contribution is 7.81. The van der Waals surface area contributed by atoms with Crippen molar-refractivity contribution >= 4 is 44.7 Å². The van der Waals surface area contributed by atoms with Gasteiger partial charge in [-0.25, -0.2) is 13.2 Å². The van der Waals surface area contributed by atoms with Crippen LogP contribution in [0.2, 0.25) is 0 Å². The second-order valence-corrected chi connectivity index (χ2v) is 20.2. The fraction of sp³-hybridized carbons (Fsp3) is 0.854. The number of nitrogens with one attached hydrogen (secondary N) is 1. The van der Waals surface area contributed by atoms with Crippen LogP contribution in [0.15, 0.2) is 32.3 Å². The number of azo groups is 1. The van der Waals surface area contributed by atoms with Crippen LogP contribution < -0.4 is 5.32 Å². The van der Waals surface area contributed by atoms with Gasteiger partial charge in [0.2, 0.25) is 5.91 Å². The van der Waals surface area contributed by atoms with Crippen LogP contribution in [0.25, 0.3) is 10.4 Å². The van der Waals surface area contributed by atoms with E-state index in [1.54, 1.807) is 13.0 Å². The molecule has 34 heteroatoms. The Morgan fingerprint density at radius 3 is 2.16 bits per heavy atom. The lowest BCUT2D eigenvalue weighted by Gasteiger charge is -2.46. The summed E-state index contributed by atoms with van der Waals surface area (Å²) in [7, 11) is -8.93. The van der Waals surface area contributed by atoms with Crippen molar-refractivity contribution in [3.05, 3.63) is 22.2 Å². The van der Waals surface area contributed by atoms with Crippen LogP contribution in [0.1, 0.15) is 59.3 Å². The van der Waals surface area contributed by atoms with E-state index in [4.69, 9.17) is 52.8 Å². The zero-order valence-corrected chi connectivity index (χ0v) is 43.0. The predicted octanol–water partition coefficient (Wildman–Crippen LogP) is -1.09. The molecule has 1 amide bonds. The van der Waals surface area contributed by atoms with Gasteiger partial charge < -0.3 is 73.6 Å². The first kappa shape index (κ1) is 63.5. The minimum Gasteiger partial charge on any atom is -0.479 e. The van der Waals surface area contributed by atoms with E-state index >= 15 is 0 Å². The summed E-state index contributed by atoms with van der Waals surface area (Å²) in [5.41, 5.74) is 8.67. The summed E-state index contributed by atoms with van der Waals surface area (Å²) in [6.07, 6.45) is -18.1. The number of carboxylic acid groups (broad SMARTS) is 1. The van der Waals surface area contributed by atoms with Crippen LogP contribution in [-0.4, -0.2) is 227 Å². The van der Waals surface area contributed by atoms with Crippen LogP contribution in [0.5, 0.6) is 0 Å². The molecular formula is C41H67N7O25S2. The topological polar surface area (TPSA) is 461 Å². The van der Waals surface area contributed by atoms with Gasteiger partial charge in [0, 0.05) is 56.4 Å². The second kappa shape index (κ2) is 30.8. The maximum Gasteiger partial charge on any atom is 0.397 e. The van der Waals surface area contributed by atoms with Gasteiger partial charge in [0.1, 0.15) is 66.4 Å². The van der Waals surface area contributed by atoms with Gasteiger partial charge >= 0.3 is 26.8 Å². The fourth-order valence-electron chi connectivity index (χ4n) is 8.07. The number of methoxy groups -OCH3 is 1. The van der Waals surface area contributed by atoms with Gasteiger partial charge in [-0.2, -0.15) is 27.1 Å². The first-order valence-corrected chi connectivity index (χ1v) is 26.4. The standard InChI is InChI=1S/C41H67N7O25S2/c1-21(16-64-11-12-65-17-22(2)45-30(50)9-6-10-43-48-42)13-26(49)8-5-7-24-14-25(47-46-24)18-66-44-15-27-32(52)36(29(69-27)20-68-75(60,61)62)71-41-34(54)33(53)37(38(73-41)39(55)56)72-40-23(3)31(51)35(63-4)28(70-40)19-67-74(57,58)59/h14-15,21-24,27-29,31-38,40-41,51-54H,5-13,16-20H2,1-4H3,(H,45,50)(H,55,56)(H,57,58,59)(H,60,61,62)/b44-15-/t21?,22?,23?,24?,27-,28?,29+,31+,32+,33+,34?,35+,36?,37-,38?,40-,41+/m0/s1. The average molecular weight is 1120 g/mol. The van der Waals surface area contributed by atoms with Crippen molar-refractivity contribution in [2.45, 2.75) is 151 Å². The zero-order valence-electron chi connectivity index (χ0n) is 41.3. The molecule has 32 nitrogen and oxygen atoms in total. The molecule has 0 bridgehead atoms. The van der Waals surface area contributed by atoms with E-state index in [-0.39, 0.29) is 49.3 Å². The van der Waals surface area contributed by atoms with Crippen LogP contribution in [-0.2, 0) is 86.3 Å². The molecule has 17 atom stereocenters. The number of amides is 1. The Morgan fingerprint density at radius 2 is 1.52 bits per heavy atom. The van der Waals surface area contributed by atoms with E-state index in [0.717, 1.165) is 13.3 Å². The van der Waals surface area contributed by atoms with E-state index in [0.29, 0.717) is 64.2 Å². The molecule has 4 aliphatic heterocycles. The number of ether oxygens (including phenoxy) is 8. The predicted molar refractivity (Wildman–Crippen MR) is 249 cm³/mol. The molecule has 8 N–H and O–H groups in total. The number of carboxylic acids is 1. The van der Waals surface area contributed by atoms with Crippen molar-refractivity contribution in [3.63, 3.8) is 0 Å². The Morgan fingerprint density at radius 1 is 0.867 bits per heavy atom. The van der Waals surface area contributed by atoms with Gasteiger partial charge in [-0.05, 0) is 43.7 Å². The molecule has 4 heterocycles. The Labute approximate surface area is 431 Å². The van der Waals surface area contributed by atoms with Gasteiger partial charge in [0.15, 0.2) is 25.3 Å². The molecular weight excluding hydrogens is 1050 g/mol. The van der Waals surface area contributed by atoms with Gasteiger partial charge in [0.25, 0.3) is 0 Å². The van der Waals surface area contributed by atoms with Crippen LogP contribution in [0.3, 0.4) is 0 Å². The minimum atomic E-state index is -5.10. The van der Waals surface area contributed by atoms with Gasteiger partial charge in [-0.1, -0.05) is 24.1 Å². The molecule has 0 aromatic carbocycles. The molecule has 428 valence electrons. The minimum absolute atomic E-state index is 0.0313. The maximum atomic E-state index is 12.6. The summed E-state index contributed by atoms with van der Waals surface area (Å²) < 4.78 is 117. The number of carbonyl (C=O) groups excluding carboxylic acids is 2. The van der Waals surface area contributed by atoms with E-state index in [2.05, 4.69) is 39.1 Å². The Hall–Kier alpha value is -4.01. The molecule has 0 aromatic heterocycles. The summed E-state index contributed by atoms with van der Waals surface area (Å²) in [5, 5.41) is 72.7. The van der Waals surface area contributed by atoms with Crippen LogP contribution in [0, 0.1) is 11.8 Å². The largest absolute Gasteiger partial charge is 0.479 e. The lowest BCUT2D eigenvalue weighted by Crippen LogP contribution is -2.65. The molecule has 4 aliphatic rings. The number of azide groups is 1. The molecule has 75 heavy (non-hydrogen) atoms. The van der Waals surface area contributed by atoms with Crippen molar-refractivity contribution in [2.24, 2.45) is 32.3 Å². The third-order valence-corrected chi connectivity index (χ3v) is 12.6. The normalized spacial score (nSPS) is 31.9. The highest BCUT2D eigenvalue weighted by atomic mass is 32.3. The summed E-state index contributed by atoms with van der Waals surface area (Å²) in [5.74, 6) is -2.99. The smallest absolute Gasteiger partial charge is 0.397 e. The Balaban J connectivity index is 1.22. The zero-order chi connectivity index (χ0) is 55.5. The number of aliphatic hydroxyl groups is 4. The summed E-state index contributed by atoms with van der Waals surface area (Å²) >= 11 is 0. The molecule has 0 aliphatic carbocycles. The molecule has 0 saturated carbocycles. The number of hydrogen-bond donors (Lipinski definition) is 8. The Bertz CT molecular complexity index is 2210. The number of rotatable bonds is 34. The summed E-state index contributed by atoms with van der Waals surface area (Å²) in [6, 6.07) is -0.549. The monoisotopic (exact) mass is 1120 g/mol. The Kier molecular flexibility index (Phi) is 26.1. The third-order valence-electron chi connectivity index (χ3n) is 11.8.